The first kappa shape index (κ1) is 18.2. The van der Waals surface area contributed by atoms with Crippen molar-refractivity contribution in [2.75, 3.05) is 13.7 Å². The highest BCUT2D eigenvalue weighted by molar-refractivity contribution is 5.77. The van der Waals surface area contributed by atoms with Crippen molar-refractivity contribution in [2.24, 2.45) is 0 Å². The molecule has 3 rings (SSSR count). The Morgan fingerprint density at radius 3 is 2.74 bits per heavy atom. The maximum atomic E-state index is 12.4. The van der Waals surface area contributed by atoms with Crippen LogP contribution < -0.4 is 15.6 Å². The third-order valence-electron chi connectivity index (χ3n) is 4.01. The van der Waals surface area contributed by atoms with Crippen molar-refractivity contribution in [3.63, 3.8) is 0 Å². The van der Waals surface area contributed by atoms with E-state index in [9.17, 15) is 9.59 Å². The van der Waals surface area contributed by atoms with E-state index in [4.69, 9.17) is 4.74 Å². The molecule has 0 spiro atoms. The van der Waals surface area contributed by atoms with Crippen LogP contribution >= 0.6 is 0 Å². The number of carbonyl (C=O) groups is 1. The number of para-hydroxylation sites is 1. The van der Waals surface area contributed by atoms with E-state index in [1.807, 2.05) is 30.3 Å². The van der Waals surface area contributed by atoms with Gasteiger partial charge in [0.1, 0.15) is 5.75 Å². The summed E-state index contributed by atoms with van der Waals surface area (Å²) in [6.45, 7) is 0.518. The van der Waals surface area contributed by atoms with E-state index in [1.54, 1.807) is 25.3 Å². The summed E-state index contributed by atoms with van der Waals surface area (Å²) in [5, 5.41) is 3.28. The lowest BCUT2D eigenvalue weighted by molar-refractivity contribution is -0.121. The SMILES string of the molecule is COc1ccc(C#CCNC(=O)CCn2cnc3ccccc3c2=O)cc1. The molecular formula is C21H19N3O3. The van der Waals surface area contributed by atoms with Crippen molar-refractivity contribution in [1.29, 1.82) is 0 Å². The minimum Gasteiger partial charge on any atom is -0.497 e. The van der Waals surface area contributed by atoms with Crippen LogP contribution in [0.5, 0.6) is 5.75 Å². The molecule has 1 amide bonds. The number of carbonyl (C=O) groups excluding carboxylic acids is 1. The third-order valence-corrected chi connectivity index (χ3v) is 4.01. The number of rotatable bonds is 5. The zero-order valence-electron chi connectivity index (χ0n) is 14.9. The Labute approximate surface area is 156 Å². The van der Waals surface area contributed by atoms with Crippen molar-refractivity contribution in [3.05, 3.63) is 70.8 Å². The van der Waals surface area contributed by atoms with Crippen molar-refractivity contribution < 1.29 is 9.53 Å². The Balaban J connectivity index is 1.51. The number of amides is 1. The lowest BCUT2D eigenvalue weighted by atomic mass is 10.2. The van der Waals surface area contributed by atoms with Gasteiger partial charge in [0, 0.05) is 18.5 Å². The van der Waals surface area contributed by atoms with Crippen LogP contribution in [-0.4, -0.2) is 29.1 Å². The normalized spacial score (nSPS) is 10.1. The summed E-state index contributed by atoms with van der Waals surface area (Å²) in [5.74, 6) is 6.47. The first-order valence-corrected chi connectivity index (χ1v) is 8.51. The molecule has 0 unspecified atom stereocenters. The molecule has 3 aromatic rings. The predicted octanol–water partition coefficient (Wildman–Crippen LogP) is 1.96. The lowest BCUT2D eigenvalue weighted by Crippen LogP contribution is -2.27. The summed E-state index contributed by atoms with van der Waals surface area (Å²) in [7, 11) is 1.61. The van der Waals surface area contributed by atoms with E-state index in [0.717, 1.165) is 11.3 Å². The smallest absolute Gasteiger partial charge is 0.261 e. The standard InChI is InChI=1S/C21H19N3O3/c1-27-17-10-8-16(9-11-17)5-4-13-22-20(25)12-14-24-15-23-19-7-3-2-6-18(19)21(24)26/h2-3,6-11,15H,12-14H2,1H3,(H,22,25). The van der Waals surface area contributed by atoms with Crippen molar-refractivity contribution in [2.45, 2.75) is 13.0 Å². The number of nitrogens with one attached hydrogen (secondary N) is 1. The number of hydrogen-bond acceptors (Lipinski definition) is 4. The molecule has 0 saturated heterocycles. The molecule has 27 heavy (non-hydrogen) atoms. The molecule has 0 saturated carbocycles. The Morgan fingerprint density at radius 2 is 1.96 bits per heavy atom. The quantitative estimate of drug-likeness (QED) is 0.705. The van der Waals surface area contributed by atoms with Gasteiger partial charge in [-0.1, -0.05) is 24.0 Å². The van der Waals surface area contributed by atoms with Crippen molar-refractivity contribution in [1.82, 2.24) is 14.9 Å². The minimum absolute atomic E-state index is 0.146. The molecule has 2 aromatic carbocycles. The first-order valence-electron chi connectivity index (χ1n) is 8.51. The molecule has 0 bridgehead atoms. The highest BCUT2D eigenvalue weighted by Gasteiger charge is 2.05. The van der Waals surface area contributed by atoms with Gasteiger partial charge in [0.15, 0.2) is 0 Å². The van der Waals surface area contributed by atoms with Gasteiger partial charge in [-0.2, -0.15) is 0 Å². The van der Waals surface area contributed by atoms with Gasteiger partial charge in [-0.05, 0) is 36.4 Å². The molecule has 6 heteroatoms. The number of benzene rings is 2. The topological polar surface area (TPSA) is 73.2 Å². The summed E-state index contributed by atoms with van der Waals surface area (Å²) in [6, 6.07) is 14.5. The number of fused-ring (bicyclic) bond motifs is 1. The summed E-state index contributed by atoms with van der Waals surface area (Å²) in [4.78, 5) is 28.6. The molecule has 0 aliphatic rings. The summed E-state index contributed by atoms with van der Waals surface area (Å²) in [6.07, 6.45) is 1.66. The number of aromatic nitrogens is 2. The fourth-order valence-electron chi connectivity index (χ4n) is 2.54. The molecular weight excluding hydrogens is 342 g/mol. The number of aryl methyl sites for hydroxylation is 1. The van der Waals surface area contributed by atoms with Gasteiger partial charge < -0.3 is 10.1 Å². The molecule has 1 heterocycles. The second-order valence-corrected chi connectivity index (χ2v) is 5.82. The second kappa shape index (κ2) is 8.68. The van der Waals surface area contributed by atoms with Crippen LogP contribution in [0.1, 0.15) is 12.0 Å². The van der Waals surface area contributed by atoms with Crippen LogP contribution in [0, 0.1) is 11.8 Å². The second-order valence-electron chi connectivity index (χ2n) is 5.82. The van der Waals surface area contributed by atoms with Crippen LogP contribution in [-0.2, 0) is 11.3 Å². The largest absolute Gasteiger partial charge is 0.497 e. The fraction of sp³-hybridized carbons (Fsp3) is 0.190. The minimum atomic E-state index is -0.168. The molecule has 0 atom stereocenters. The Morgan fingerprint density at radius 1 is 1.19 bits per heavy atom. The van der Waals surface area contributed by atoms with Crippen molar-refractivity contribution >= 4 is 16.8 Å². The Kier molecular flexibility index (Phi) is 5.85. The molecule has 6 nitrogen and oxygen atoms in total. The van der Waals surface area contributed by atoms with E-state index in [-0.39, 0.29) is 31.0 Å². The summed E-state index contributed by atoms with van der Waals surface area (Å²) >= 11 is 0. The van der Waals surface area contributed by atoms with Gasteiger partial charge >= 0.3 is 0 Å². The molecule has 0 aliphatic carbocycles. The van der Waals surface area contributed by atoms with E-state index >= 15 is 0 Å². The Bertz CT molecular complexity index is 1060. The maximum absolute atomic E-state index is 12.4. The average molecular weight is 361 g/mol. The molecule has 0 aliphatic heterocycles. The highest BCUT2D eigenvalue weighted by atomic mass is 16.5. The maximum Gasteiger partial charge on any atom is 0.261 e. The van der Waals surface area contributed by atoms with E-state index in [1.165, 1.54) is 10.9 Å². The predicted molar refractivity (Wildman–Crippen MR) is 104 cm³/mol. The third kappa shape index (κ3) is 4.73. The monoisotopic (exact) mass is 361 g/mol. The summed E-state index contributed by atoms with van der Waals surface area (Å²) in [5.41, 5.74) is 1.35. The van der Waals surface area contributed by atoms with Gasteiger partial charge in [-0.3, -0.25) is 14.2 Å². The molecule has 0 fully saturated rings. The van der Waals surface area contributed by atoms with E-state index in [0.29, 0.717) is 10.9 Å². The van der Waals surface area contributed by atoms with Crippen molar-refractivity contribution in [3.8, 4) is 17.6 Å². The van der Waals surface area contributed by atoms with Gasteiger partial charge in [0.25, 0.3) is 5.56 Å². The van der Waals surface area contributed by atoms with Crippen LogP contribution in [0.4, 0.5) is 0 Å². The number of nitrogens with zero attached hydrogens (tertiary/aromatic N) is 2. The summed E-state index contributed by atoms with van der Waals surface area (Å²) < 4.78 is 6.54. The molecule has 1 aromatic heterocycles. The van der Waals surface area contributed by atoms with Crippen LogP contribution in [0.2, 0.25) is 0 Å². The fourth-order valence-corrected chi connectivity index (χ4v) is 2.54. The van der Waals surface area contributed by atoms with E-state index < -0.39 is 0 Å². The Hall–Kier alpha value is -3.59. The number of methoxy groups -OCH3 is 1. The van der Waals surface area contributed by atoms with Gasteiger partial charge in [-0.25, -0.2) is 4.98 Å². The first-order chi connectivity index (χ1) is 13.2. The zero-order valence-corrected chi connectivity index (χ0v) is 14.9. The van der Waals surface area contributed by atoms with E-state index in [2.05, 4.69) is 22.1 Å². The lowest BCUT2D eigenvalue weighted by Gasteiger charge is -2.06. The molecule has 1 N–H and O–H groups in total. The van der Waals surface area contributed by atoms with Crippen LogP contribution in [0.25, 0.3) is 10.9 Å². The zero-order chi connectivity index (χ0) is 19.1. The van der Waals surface area contributed by atoms with Gasteiger partial charge in [-0.15, -0.1) is 0 Å². The van der Waals surface area contributed by atoms with Gasteiger partial charge in [0.05, 0.1) is 30.9 Å². The average Bonchev–Trinajstić information content (AvgIpc) is 2.71. The van der Waals surface area contributed by atoms with Crippen LogP contribution in [0.3, 0.4) is 0 Å². The molecule has 0 radical (unpaired) electrons. The van der Waals surface area contributed by atoms with Gasteiger partial charge in [0.2, 0.25) is 5.91 Å². The number of ether oxygens (including phenoxy) is 1. The number of hydrogen-bond donors (Lipinski definition) is 1. The molecule has 136 valence electrons. The van der Waals surface area contributed by atoms with Crippen LogP contribution in [0.15, 0.2) is 59.7 Å². The highest BCUT2D eigenvalue weighted by Crippen LogP contribution is 2.10.